The fourth-order valence-electron chi connectivity index (χ4n) is 3.89. The molecule has 1 heterocycles. The maximum atomic E-state index is 13.2. The van der Waals surface area contributed by atoms with Crippen molar-refractivity contribution < 1.29 is 23.8 Å². The molecule has 1 fully saturated rings. The van der Waals surface area contributed by atoms with Gasteiger partial charge < -0.3 is 24.8 Å². The number of nitrogens with two attached hydrogens (primary N) is 1. The molecule has 0 saturated carbocycles. The highest BCUT2D eigenvalue weighted by Crippen LogP contribution is 2.39. The molecule has 1 aliphatic heterocycles. The van der Waals surface area contributed by atoms with Crippen LogP contribution in [0, 0.1) is 5.92 Å². The Morgan fingerprint density at radius 1 is 1.10 bits per heavy atom. The van der Waals surface area contributed by atoms with E-state index < -0.39 is 0 Å². The standard InChI is InChI=1S/C24H30N2O5/c1-29-20-13-19(24(28)26-12-6-9-17(15-26)10-11-22(25)27)14-21(30-2)23(20)31-16-18-7-4-3-5-8-18/h3-5,7-8,13-14,17H,6,9-12,15-16H2,1-2H3,(H2,25,27). The number of carbonyl (C=O) groups excluding carboxylic acids is 2. The van der Waals surface area contributed by atoms with Crippen LogP contribution in [0.3, 0.4) is 0 Å². The van der Waals surface area contributed by atoms with Crippen molar-refractivity contribution in [2.24, 2.45) is 11.7 Å². The number of nitrogens with zero attached hydrogens (tertiary/aromatic N) is 1. The second-order valence-corrected chi connectivity index (χ2v) is 7.75. The van der Waals surface area contributed by atoms with Gasteiger partial charge in [-0.2, -0.15) is 0 Å². The number of piperidine rings is 1. The molecule has 0 aliphatic carbocycles. The zero-order valence-corrected chi connectivity index (χ0v) is 18.1. The van der Waals surface area contributed by atoms with Gasteiger partial charge >= 0.3 is 0 Å². The quantitative estimate of drug-likeness (QED) is 0.664. The van der Waals surface area contributed by atoms with E-state index in [-0.39, 0.29) is 17.7 Å². The molecule has 1 atom stereocenters. The lowest BCUT2D eigenvalue weighted by Crippen LogP contribution is -2.40. The Kier molecular flexibility index (Phi) is 7.76. The summed E-state index contributed by atoms with van der Waals surface area (Å²) in [5.41, 5.74) is 6.77. The molecule has 166 valence electrons. The van der Waals surface area contributed by atoms with Crippen LogP contribution in [0.1, 0.15) is 41.6 Å². The zero-order valence-electron chi connectivity index (χ0n) is 18.1. The molecule has 0 spiro atoms. The first-order chi connectivity index (χ1) is 15.0. The maximum Gasteiger partial charge on any atom is 0.254 e. The predicted octanol–water partition coefficient (Wildman–Crippen LogP) is 3.40. The molecule has 7 heteroatoms. The molecule has 1 aliphatic rings. The molecule has 2 amide bonds. The highest BCUT2D eigenvalue weighted by Gasteiger charge is 2.26. The van der Waals surface area contributed by atoms with Crippen LogP contribution in [-0.2, 0) is 11.4 Å². The number of hydrogen-bond donors (Lipinski definition) is 1. The lowest BCUT2D eigenvalue weighted by molar-refractivity contribution is -0.118. The van der Waals surface area contributed by atoms with Crippen LogP contribution in [0.15, 0.2) is 42.5 Å². The minimum absolute atomic E-state index is 0.0880. The van der Waals surface area contributed by atoms with Gasteiger partial charge in [0.25, 0.3) is 5.91 Å². The molecule has 0 aromatic heterocycles. The number of methoxy groups -OCH3 is 2. The fraction of sp³-hybridized carbons (Fsp3) is 0.417. The van der Waals surface area contributed by atoms with Gasteiger partial charge in [0.2, 0.25) is 11.7 Å². The minimum atomic E-state index is -0.302. The van der Waals surface area contributed by atoms with Gasteiger partial charge in [-0.05, 0) is 42.9 Å². The summed E-state index contributed by atoms with van der Waals surface area (Å²) in [6, 6.07) is 13.2. The van der Waals surface area contributed by atoms with Gasteiger partial charge in [-0.3, -0.25) is 9.59 Å². The number of hydrogen-bond acceptors (Lipinski definition) is 5. The van der Waals surface area contributed by atoms with Crippen molar-refractivity contribution in [2.75, 3.05) is 27.3 Å². The number of primary amides is 1. The second-order valence-electron chi connectivity index (χ2n) is 7.75. The molecular weight excluding hydrogens is 396 g/mol. The largest absolute Gasteiger partial charge is 0.493 e. The molecule has 2 aromatic carbocycles. The van der Waals surface area contributed by atoms with Gasteiger partial charge in [0.15, 0.2) is 11.5 Å². The van der Waals surface area contributed by atoms with E-state index in [0.29, 0.717) is 55.4 Å². The molecular formula is C24H30N2O5. The van der Waals surface area contributed by atoms with E-state index in [1.165, 1.54) is 0 Å². The molecule has 2 N–H and O–H groups in total. The van der Waals surface area contributed by atoms with Gasteiger partial charge in [-0.1, -0.05) is 30.3 Å². The average Bonchev–Trinajstić information content (AvgIpc) is 2.81. The first-order valence-electron chi connectivity index (χ1n) is 10.5. The van der Waals surface area contributed by atoms with Crippen molar-refractivity contribution >= 4 is 11.8 Å². The lowest BCUT2D eigenvalue weighted by atomic mass is 9.93. The lowest BCUT2D eigenvalue weighted by Gasteiger charge is -2.33. The number of likely N-dealkylation sites (tertiary alicyclic amines) is 1. The summed E-state index contributed by atoms with van der Waals surface area (Å²) >= 11 is 0. The predicted molar refractivity (Wildman–Crippen MR) is 117 cm³/mol. The van der Waals surface area contributed by atoms with Crippen LogP contribution in [-0.4, -0.2) is 44.0 Å². The van der Waals surface area contributed by atoms with Crippen LogP contribution in [0.5, 0.6) is 17.2 Å². The highest BCUT2D eigenvalue weighted by molar-refractivity contribution is 5.95. The third kappa shape index (κ3) is 5.90. The van der Waals surface area contributed by atoms with E-state index in [1.54, 1.807) is 26.4 Å². The molecule has 3 rings (SSSR count). The van der Waals surface area contributed by atoms with E-state index in [2.05, 4.69) is 0 Å². The van der Waals surface area contributed by atoms with Gasteiger partial charge in [0.1, 0.15) is 6.61 Å². The van der Waals surface area contributed by atoms with Gasteiger partial charge in [-0.25, -0.2) is 0 Å². The van der Waals surface area contributed by atoms with E-state index in [4.69, 9.17) is 19.9 Å². The van der Waals surface area contributed by atoms with Gasteiger partial charge in [-0.15, -0.1) is 0 Å². The van der Waals surface area contributed by atoms with Crippen molar-refractivity contribution in [3.05, 3.63) is 53.6 Å². The van der Waals surface area contributed by atoms with E-state index in [9.17, 15) is 9.59 Å². The summed E-state index contributed by atoms with van der Waals surface area (Å²) in [7, 11) is 3.08. The van der Waals surface area contributed by atoms with Gasteiger partial charge in [0.05, 0.1) is 14.2 Å². The minimum Gasteiger partial charge on any atom is -0.493 e. The average molecular weight is 427 g/mol. The molecule has 1 unspecified atom stereocenters. The normalized spacial score (nSPS) is 15.9. The summed E-state index contributed by atoms with van der Waals surface area (Å²) < 4.78 is 17.0. The van der Waals surface area contributed by atoms with Crippen molar-refractivity contribution in [1.29, 1.82) is 0 Å². The first-order valence-corrected chi connectivity index (χ1v) is 10.5. The third-order valence-corrected chi connectivity index (χ3v) is 5.54. The molecule has 0 radical (unpaired) electrons. The summed E-state index contributed by atoms with van der Waals surface area (Å²) in [5.74, 6) is 1.24. The van der Waals surface area contributed by atoms with Crippen molar-refractivity contribution in [3.8, 4) is 17.2 Å². The Hall–Kier alpha value is -3.22. The van der Waals surface area contributed by atoms with Crippen molar-refractivity contribution in [1.82, 2.24) is 4.90 Å². The summed E-state index contributed by atoms with van der Waals surface area (Å²) in [6.45, 7) is 1.65. The van der Waals surface area contributed by atoms with Crippen LogP contribution in [0.25, 0.3) is 0 Å². The monoisotopic (exact) mass is 426 g/mol. The SMILES string of the molecule is COc1cc(C(=O)N2CCCC(CCC(N)=O)C2)cc(OC)c1OCc1ccccc1. The Labute approximate surface area is 183 Å². The summed E-state index contributed by atoms with van der Waals surface area (Å²) in [5, 5.41) is 0. The number of rotatable bonds is 9. The highest BCUT2D eigenvalue weighted by atomic mass is 16.5. The second kappa shape index (κ2) is 10.7. The van der Waals surface area contributed by atoms with Crippen LogP contribution in [0.2, 0.25) is 0 Å². The van der Waals surface area contributed by atoms with Gasteiger partial charge in [0, 0.05) is 25.1 Å². The first kappa shape index (κ1) is 22.5. The Bertz CT molecular complexity index is 875. The maximum absolute atomic E-state index is 13.2. The van der Waals surface area contributed by atoms with E-state index >= 15 is 0 Å². The number of amides is 2. The molecule has 1 saturated heterocycles. The van der Waals surface area contributed by atoms with Crippen molar-refractivity contribution in [3.63, 3.8) is 0 Å². The third-order valence-electron chi connectivity index (χ3n) is 5.54. The zero-order chi connectivity index (χ0) is 22.2. The topological polar surface area (TPSA) is 91.1 Å². The Balaban J connectivity index is 1.76. The molecule has 7 nitrogen and oxygen atoms in total. The number of benzene rings is 2. The number of ether oxygens (including phenoxy) is 3. The van der Waals surface area contributed by atoms with E-state index in [0.717, 1.165) is 18.4 Å². The molecule has 0 bridgehead atoms. The summed E-state index contributed by atoms with van der Waals surface area (Å²) in [6.07, 6.45) is 2.96. The van der Waals surface area contributed by atoms with Crippen LogP contribution >= 0.6 is 0 Å². The summed E-state index contributed by atoms with van der Waals surface area (Å²) in [4.78, 5) is 26.1. The van der Waals surface area contributed by atoms with Crippen molar-refractivity contribution in [2.45, 2.75) is 32.3 Å². The molecule has 31 heavy (non-hydrogen) atoms. The Morgan fingerprint density at radius 3 is 2.39 bits per heavy atom. The fourth-order valence-corrected chi connectivity index (χ4v) is 3.89. The van der Waals surface area contributed by atoms with Crippen LogP contribution < -0.4 is 19.9 Å². The van der Waals surface area contributed by atoms with E-state index in [1.807, 2.05) is 35.2 Å². The Morgan fingerprint density at radius 2 is 1.77 bits per heavy atom. The van der Waals surface area contributed by atoms with Crippen LogP contribution in [0.4, 0.5) is 0 Å². The number of carbonyl (C=O) groups is 2. The smallest absolute Gasteiger partial charge is 0.254 e. The molecule has 2 aromatic rings.